The summed E-state index contributed by atoms with van der Waals surface area (Å²) in [7, 11) is 0. The Labute approximate surface area is 279 Å². The molecule has 5 heterocycles. The van der Waals surface area contributed by atoms with E-state index in [1.165, 1.54) is 65.0 Å². The Kier molecular flexibility index (Phi) is 4.69. The van der Waals surface area contributed by atoms with Gasteiger partial charge in [0.2, 0.25) is 0 Å². The smallest absolute Gasteiger partial charge is 0.146 e. The van der Waals surface area contributed by atoms with Crippen LogP contribution in [0.25, 0.3) is 87.2 Å². The lowest BCUT2D eigenvalue weighted by atomic mass is 10.0. The van der Waals surface area contributed by atoms with E-state index in [-0.39, 0.29) is 0 Å². The number of benzene rings is 7. The van der Waals surface area contributed by atoms with E-state index in [0.29, 0.717) is 0 Å². The number of para-hydroxylation sites is 5. The van der Waals surface area contributed by atoms with Crippen LogP contribution >= 0.6 is 0 Å². The van der Waals surface area contributed by atoms with Crippen molar-refractivity contribution in [3.8, 4) is 0 Å². The van der Waals surface area contributed by atoms with E-state index in [4.69, 9.17) is 4.98 Å². The fraction of sp³-hybridized carbons (Fsp3) is 0. The van der Waals surface area contributed by atoms with Gasteiger partial charge in [-0.15, -0.1) is 0 Å². The maximum absolute atomic E-state index is 5.66. The average molecular weight is 623 g/mol. The number of fused-ring (bicyclic) bond motifs is 14. The molecule has 0 radical (unpaired) electrons. The highest BCUT2D eigenvalue weighted by atomic mass is 15.2. The number of rotatable bonds is 3. The zero-order valence-corrected chi connectivity index (χ0v) is 26.3. The van der Waals surface area contributed by atoms with Gasteiger partial charge in [0, 0.05) is 54.5 Å². The summed E-state index contributed by atoms with van der Waals surface area (Å²) < 4.78 is 4.92. The summed E-state index contributed by atoms with van der Waals surface area (Å²) in [6, 6.07) is 57.2. The van der Waals surface area contributed by atoms with Crippen LogP contribution in [0.15, 0.2) is 158 Å². The highest BCUT2D eigenvalue weighted by Gasteiger charge is 2.26. The highest BCUT2D eigenvalue weighted by molar-refractivity contribution is 6.29. The second kappa shape index (κ2) is 9.03. The fourth-order valence-corrected chi connectivity index (χ4v) is 8.78. The van der Waals surface area contributed by atoms with Crippen LogP contribution in [0.5, 0.6) is 0 Å². The molecule has 4 nitrogen and oxygen atoms in total. The molecule has 0 aliphatic rings. The molecule has 0 aliphatic heterocycles. The van der Waals surface area contributed by atoms with Gasteiger partial charge in [-0.05, 0) is 41.8 Å². The average Bonchev–Trinajstić information content (AvgIpc) is 3.89. The number of nitrogens with zero attached hydrogens (tertiary/aromatic N) is 4. The predicted octanol–water partition coefficient (Wildman–Crippen LogP) is 12.0. The lowest BCUT2D eigenvalue weighted by molar-refractivity contribution is 1.25. The van der Waals surface area contributed by atoms with Crippen molar-refractivity contribution >= 4 is 104 Å². The molecule has 49 heavy (non-hydrogen) atoms. The van der Waals surface area contributed by atoms with Gasteiger partial charge in [0.25, 0.3) is 0 Å². The molecule has 0 aliphatic carbocycles. The third kappa shape index (κ3) is 3.12. The van der Waals surface area contributed by atoms with Gasteiger partial charge in [-0.3, -0.25) is 4.40 Å². The van der Waals surface area contributed by atoms with Crippen LogP contribution in [-0.4, -0.2) is 13.8 Å². The van der Waals surface area contributed by atoms with E-state index in [1.54, 1.807) is 0 Å². The van der Waals surface area contributed by atoms with Crippen LogP contribution in [0.4, 0.5) is 17.1 Å². The van der Waals surface area contributed by atoms with Gasteiger partial charge in [0.05, 0.1) is 38.8 Å². The molecule has 0 bridgehead atoms. The zero-order chi connectivity index (χ0) is 31.8. The van der Waals surface area contributed by atoms with Crippen molar-refractivity contribution in [3.63, 3.8) is 0 Å². The lowest BCUT2D eigenvalue weighted by Gasteiger charge is -2.26. The Morgan fingerprint density at radius 3 is 1.65 bits per heavy atom. The van der Waals surface area contributed by atoms with Crippen LogP contribution in [0.3, 0.4) is 0 Å². The van der Waals surface area contributed by atoms with Crippen LogP contribution in [0, 0.1) is 0 Å². The van der Waals surface area contributed by atoms with E-state index in [1.807, 2.05) is 0 Å². The minimum Gasteiger partial charge on any atom is -0.308 e. The molecule has 0 fully saturated rings. The van der Waals surface area contributed by atoms with E-state index >= 15 is 0 Å². The first-order valence-electron chi connectivity index (χ1n) is 16.8. The topological polar surface area (TPSA) is 25.0 Å². The molecule has 0 amide bonds. The van der Waals surface area contributed by atoms with Crippen molar-refractivity contribution < 1.29 is 0 Å². The Morgan fingerprint density at radius 1 is 0.388 bits per heavy atom. The van der Waals surface area contributed by atoms with E-state index < -0.39 is 0 Å². The summed E-state index contributed by atoms with van der Waals surface area (Å²) in [5.74, 6) is 0. The normalized spacial score (nSPS) is 12.5. The van der Waals surface area contributed by atoms with E-state index in [2.05, 4.69) is 171 Å². The van der Waals surface area contributed by atoms with Gasteiger partial charge in [-0.1, -0.05) is 121 Å². The Bertz CT molecular complexity index is 3220. The van der Waals surface area contributed by atoms with Crippen LogP contribution in [0.2, 0.25) is 0 Å². The number of pyridine rings is 1. The number of aromatic nitrogens is 3. The minimum atomic E-state index is 0.991. The van der Waals surface area contributed by atoms with Gasteiger partial charge >= 0.3 is 0 Å². The Balaban J connectivity index is 1.28. The Hall–Kier alpha value is -6.65. The van der Waals surface area contributed by atoms with Crippen molar-refractivity contribution in [1.29, 1.82) is 0 Å². The first kappa shape index (κ1) is 25.4. The van der Waals surface area contributed by atoms with E-state index in [9.17, 15) is 0 Å². The van der Waals surface area contributed by atoms with Crippen LogP contribution < -0.4 is 4.90 Å². The van der Waals surface area contributed by atoms with Gasteiger partial charge < -0.3 is 9.30 Å². The van der Waals surface area contributed by atoms with Crippen molar-refractivity contribution in [1.82, 2.24) is 13.8 Å². The molecular formula is C45H26N4. The molecule has 0 saturated carbocycles. The molecule has 0 saturated heterocycles. The van der Waals surface area contributed by atoms with Crippen molar-refractivity contribution in [3.05, 3.63) is 158 Å². The summed E-state index contributed by atoms with van der Waals surface area (Å²) in [5.41, 5.74) is 11.4. The second-order valence-electron chi connectivity index (χ2n) is 13.2. The maximum atomic E-state index is 5.66. The largest absolute Gasteiger partial charge is 0.308 e. The molecule has 0 N–H and O–H groups in total. The van der Waals surface area contributed by atoms with Gasteiger partial charge in [-0.2, -0.15) is 0 Å². The number of hydrogen-bond acceptors (Lipinski definition) is 2. The van der Waals surface area contributed by atoms with Crippen molar-refractivity contribution in [2.75, 3.05) is 4.90 Å². The summed E-state index contributed by atoms with van der Waals surface area (Å²) in [6.07, 6.45) is 0. The third-order valence-corrected chi connectivity index (χ3v) is 10.7. The van der Waals surface area contributed by atoms with Gasteiger partial charge in [0.1, 0.15) is 5.65 Å². The molecule has 226 valence electrons. The standard InChI is InChI=1S/C45H26N4/c1-3-13-28(14-4-1)47(29-15-5-2-6-16-29)38-23-11-21-33-31-18-9-20-34-37-26-39-40(46-45(37)49(42(31)34)44(33)38)36-22-10-19-32-35-25-24-27-12-7-8-17-30(27)41(35)48(39)43(32)36/h1-26H. The summed E-state index contributed by atoms with van der Waals surface area (Å²) >= 11 is 0. The highest BCUT2D eigenvalue weighted by Crippen LogP contribution is 2.47. The van der Waals surface area contributed by atoms with Crippen molar-refractivity contribution in [2.24, 2.45) is 0 Å². The zero-order valence-electron chi connectivity index (χ0n) is 26.3. The molecule has 0 unspecified atom stereocenters. The molecule has 0 spiro atoms. The number of anilines is 3. The first-order valence-corrected chi connectivity index (χ1v) is 16.8. The maximum Gasteiger partial charge on any atom is 0.146 e. The van der Waals surface area contributed by atoms with Crippen LogP contribution in [-0.2, 0) is 0 Å². The lowest BCUT2D eigenvalue weighted by Crippen LogP contribution is -2.10. The van der Waals surface area contributed by atoms with Crippen molar-refractivity contribution in [2.45, 2.75) is 0 Å². The second-order valence-corrected chi connectivity index (χ2v) is 13.2. The minimum absolute atomic E-state index is 0.991. The predicted molar refractivity (Wildman–Crippen MR) is 206 cm³/mol. The summed E-state index contributed by atoms with van der Waals surface area (Å²) in [6.45, 7) is 0. The molecule has 5 aromatic heterocycles. The molecule has 4 heteroatoms. The third-order valence-electron chi connectivity index (χ3n) is 10.7. The van der Waals surface area contributed by atoms with Gasteiger partial charge in [0.15, 0.2) is 0 Å². The monoisotopic (exact) mass is 622 g/mol. The molecule has 12 aromatic rings. The first-order chi connectivity index (χ1) is 24.3. The molecule has 7 aromatic carbocycles. The molecular weight excluding hydrogens is 597 g/mol. The number of hydrogen-bond donors (Lipinski definition) is 0. The molecule has 12 rings (SSSR count). The SMILES string of the molecule is c1ccc(N(c2ccccc2)c2cccc3c4cccc5c6cc7c(nc6n(c23)c54)c2cccc3c4ccc5ccccc5c4n7c32)cc1. The fourth-order valence-electron chi connectivity index (χ4n) is 8.78. The molecule has 0 atom stereocenters. The summed E-state index contributed by atoms with van der Waals surface area (Å²) in [4.78, 5) is 8.04. The van der Waals surface area contributed by atoms with E-state index in [0.717, 1.165) is 39.3 Å². The van der Waals surface area contributed by atoms with Crippen LogP contribution in [0.1, 0.15) is 0 Å². The van der Waals surface area contributed by atoms with Gasteiger partial charge in [-0.25, -0.2) is 4.98 Å². The Morgan fingerprint density at radius 2 is 0.918 bits per heavy atom. The summed E-state index contributed by atoms with van der Waals surface area (Å²) in [5, 5.41) is 11.1. The quantitative estimate of drug-likeness (QED) is 0.196.